The number of nitrogens with two attached hydrogens (primary N) is 1. The molecular formula is C10H23N3O2S. The summed E-state index contributed by atoms with van der Waals surface area (Å²) >= 11 is 0. The highest BCUT2D eigenvalue weighted by Gasteiger charge is 2.37. The SMILES string of the molecule is CN(CCCN)S(=O)(=O)N1CCC(C)(C)C1. The molecule has 0 bridgehead atoms. The van der Waals surface area contributed by atoms with Crippen LogP contribution in [0, 0.1) is 5.41 Å². The highest BCUT2D eigenvalue weighted by Crippen LogP contribution is 2.31. The van der Waals surface area contributed by atoms with Crippen LogP contribution in [-0.4, -0.2) is 50.3 Å². The van der Waals surface area contributed by atoms with Gasteiger partial charge < -0.3 is 5.73 Å². The van der Waals surface area contributed by atoms with E-state index in [0.717, 1.165) is 6.42 Å². The van der Waals surface area contributed by atoms with Crippen molar-refractivity contribution in [2.24, 2.45) is 11.1 Å². The van der Waals surface area contributed by atoms with Crippen LogP contribution in [0.25, 0.3) is 0 Å². The van der Waals surface area contributed by atoms with E-state index in [1.807, 2.05) is 0 Å². The summed E-state index contributed by atoms with van der Waals surface area (Å²) in [6.45, 7) is 6.45. The average molecular weight is 249 g/mol. The molecule has 0 atom stereocenters. The third-order valence-corrected chi connectivity index (χ3v) is 4.97. The van der Waals surface area contributed by atoms with E-state index < -0.39 is 10.2 Å². The van der Waals surface area contributed by atoms with Crippen LogP contribution < -0.4 is 5.73 Å². The van der Waals surface area contributed by atoms with Gasteiger partial charge in [0.25, 0.3) is 10.2 Å². The van der Waals surface area contributed by atoms with Gasteiger partial charge >= 0.3 is 0 Å². The lowest BCUT2D eigenvalue weighted by Crippen LogP contribution is -2.41. The van der Waals surface area contributed by atoms with Gasteiger partial charge in [0.2, 0.25) is 0 Å². The summed E-state index contributed by atoms with van der Waals surface area (Å²) in [7, 11) is -1.65. The standard InChI is InChI=1S/C10H23N3O2S/c1-10(2)5-8-13(9-10)16(14,15)12(3)7-4-6-11/h4-9,11H2,1-3H3. The fourth-order valence-electron chi connectivity index (χ4n) is 1.89. The van der Waals surface area contributed by atoms with Crippen molar-refractivity contribution < 1.29 is 8.42 Å². The van der Waals surface area contributed by atoms with Crippen LogP contribution in [0.5, 0.6) is 0 Å². The zero-order valence-electron chi connectivity index (χ0n) is 10.4. The van der Waals surface area contributed by atoms with Crippen LogP contribution in [0.4, 0.5) is 0 Å². The summed E-state index contributed by atoms with van der Waals surface area (Å²) in [4.78, 5) is 0. The number of hydrogen-bond acceptors (Lipinski definition) is 3. The predicted octanol–water partition coefficient (Wildman–Crippen LogP) is 0.244. The second-order valence-electron chi connectivity index (χ2n) is 5.22. The van der Waals surface area contributed by atoms with Crippen LogP contribution in [0.1, 0.15) is 26.7 Å². The maximum atomic E-state index is 12.1. The van der Waals surface area contributed by atoms with Gasteiger partial charge in [0, 0.05) is 26.7 Å². The van der Waals surface area contributed by atoms with Crippen LogP contribution in [-0.2, 0) is 10.2 Å². The normalized spacial score (nSPS) is 21.8. The number of nitrogens with zero attached hydrogens (tertiary/aromatic N) is 2. The smallest absolute Gasteiger partial charge is 0.281 e. The molecule has 1 fully saturated rings. The molecule has 0 aromatic heterocycles. The molecule has 1 aliphatic heterocycles. The van der Waals surface area contributed by atoms with E-state index >= 15 is 0 Å². The highest BCUT2D eigenvalue weighted by atomic mass is 32.2. The van der Waals surface area contributed by atoms with Gasteiger partial charge in [0.05, 0.1) is 0 Å². The fraction of sp³-hybridized carbons (Fsp3) is 1.00. The second-order valence-corrected chi connectivity index (χ2v) is 7.25. The van der Waals surface area contributed by atoms with E-state index in [4.69, 9.17) is 5.73 Å². The molecular weight excluding hydrogens is 226 g/mol. The van der Waals surface area contributed by atoms with Gasteiger partial charge in [-0.05, 0) is 24.8 Å². The molecule has 16 heavy (non-hydrogen) atoms. The first-order valence-electron chi connectivity index (χ1n) is 5.71. The molecule has 0 aromatic rings. The van der Waals surface area contributed by atoms with Gasteiger partial charge in [-0.15, -0.1) is 0 Å². The van der Waals surface area contributed by atoms with Gasteiger partial charge in [-0.1, -0.05) is 13.8 Å². The van der Waals surface area contributed by atoms with E-state index in [0.29, 0.717) is 32.6 Å². The molecule has 2 N–H and O–H groups in total. The third-order valence-electron chi connectivity index (χ3n) is 3.04. The molecule has 1 rings (SSSR count). The Hall–Kier alpha value is -0.170. The van der Waals surface area contributed by atoms with Gasteiger partial charge in [-0.3, -0.25) is 0 Å². The molecule has 0 unspecified atom stereocenters. The fourth-order valence-corrected chi connectivity index (χ4v) is 3.47. The van der Waals surface area contributed by atoms with Gasteiger partial charge in [0.1, 0.15) is 0 Å². The lowest BCUT2D eigenvalue weighted by molar-refractivity contribution is 0.351. The van der Waals surface area contributed by atoms with Crippen molar-refractivity contribution in [1.29, 1.82) is 0 Å². The molecule has 1 aliphatic rings. The van der Waals surface area contributed by atoms with E-state index in [9.17, 15) is 8.42 Å². The molecule has 1 saturated heterocycles. The zero-order chi connectivity index (χ0) is 12.4. The quantitative estimate of drug-likeness (QED) is 0.759. The second kappa shape index (κ2) is 5.00. The molecule has 1 heterocycles. The van der Waals surface area contributed by atoms with Crippen molar-refractivity contribution in [1.82, 2.24) is 8.61 Å². The number of hydrogen-bond donors (Lipinski definition) is 1. The molecule has 6 heteroatoms. The Labute approximate surface area is 98.8 Å². The van der Waals surface area contributed by atoms with E-state index in [2.05, 4.69) is 13.8 Å². The Bertz CT molecular complexity index is 327. The zero-order valence-corrected chi connectivity index (χ0v) is 11.3. The minimum absolute atomic E-state index is 0.0990. The molecule has 0 aliphatic carbocycles. The largest absolute Gasteiger partial charge is 0.330 e. The van der Waals surface area contributed by atoms with Crippen molar-refractivity contribution >= 4 is 10.2 Å². The summed E-state index contributed by atoms with van der Waals surface area (Å²) in [5.41, 5.74) is 5.48. The minimum Gasteiger partial charge on any atom is -0.330 e. The van der Waals surface area contributed by atoms with Crippen molar-refractivity contribution in [3.63, 3.8) is 0 Å². The summed E-state index contributed by atoms with van der Waals surface area (Å²) in [6, 6.07) is 0. The first-order valence-corrected chi connectivity index (χ1v) is 7.11. The molecule has 0 amide bonds. The molecule has 0 saturated carbocycles. The first-order chi connectivity index (χ1) is 7.29. The summed E-state index contributed by atoms with van der Waals surface area (Å²) in [6.07, 6.45) is 1.63. The Kier molecular flexibility index (Phi) is 4.34. The Morgan fingerprint density at radius 1 is 1.44 bits per heavy atom. The Balaban J connectivity index is 2.64. The van der Waals surface area contributed by atoms with Gasteiger partial charge in [-0.25, -0.2) is 0 Å². The Morgan fingerprint density at radius 2 is 2.06 bits per heavy atom. The van der Waals surface area contributed by atoms with E-state index in [1.165, 1.54) is 4.31 Å². The molecule has 0 radical (unpaired) electrons. The molecule has 0 spiro atoms. The van der Waals surface area contributed by atoms with Gasteiger partial charge in [-0.2, -0.15) is 17.0 Å². The number of rotatable bonds is 5. The summed E-state index contributed by atoms with van der Waals surface area (Å²) in [5, 5.41) is 0. The Morgan fingerprint density at radius 3 is 2.50 bits per heavy atom. The highest BCUT2D eigenvalue weighted by molar-refractivity contribution is 7.86. The minimum atomic E-state index is -3.27. The third kappa shape index (κ3) is 3.16. The van der Waals surface area contributed by atoms with Crippen LogP contribution >= 0.6 is 0 Å². The van der Waals surface area contributed by atoms with Gasteiger partial charge in [0.15, 0.2) is 0 Å². The lowest BCUT2D eigenvalue weighted by atomic mass is 9.93. The van der Waals surface area contributed by atoms with Crippen molar-refractivity contribution in [2.75, 3.05) is 33.2 Å². The maximum Gasteiger partial charge on any atom is 0.281 e. The maximum absolute atomic E-state index is 12.1. The van der Waals surface area contributed by atoms with Crippen molar-refractivity contribution in [3.05, 3.63) is 0 Å². The van der Waals surface area contributed by atoms with E-state index in [1.54, 1.807) is 11.4 Å². The van der Waals surface area contributed by atoms with E-state index in [-0.39, 0.29) is 5.41 Å². The van der Waals surface area contributed by atoms with Crippen LogP contribution in [0.3, 0.4) is 0 Å². The topological polar surface area (TPSA) is 66.6 Å². The molecule has 96 valence electrons. The monoisotopic (exact) mass is 249 g/mol. The molecule has 0 aromatic carbocycles. The summed E-state index contributed by atoms with van der Waals surface area (Å²) in [5.74, 6) is 0. The van der Waals surface area contributed by atoms with Crippen LogP contribution in [0.2, 0.25) is 0 Å². The lowest BCUT2D eigenvalue weighted by Gasteiger charge is -2.25. The van der Waals surface area contributed by atoms with Crippen molar-refractivity contribution in [3.8, 4) is 0 Å². The molecule has 5 nitrogen and oxygen atoms in total. The summed E-state index contributed by atoms with van der Waals surface area (Å²) < 4.78 is 27.3. The van der Waals surface area contributed by atoms with Crippen molar-refractivity contribution in [2.45, 2.75) is 26.7 Å². The predicted molar refractivity (Wildman–Crippen MR) is 65.2 cm³/mol. The first kappa shape index (κ1) is 13.9. The van der Waals surface area contributed by atoms with Crippen LogP contribution in [0.15, 0.2) is 0 Å². The average Bonchev–Trinajstić information content (AvgIpc) is 2.55.